The largest absolute Gasteiger partial charge is 0.353 e. The first-order chi connectivity index (χ1) is 18.0. The summed E-state index contributed by atoms with van der Waals surface area (Å²) >= 11 is 0. The van der Waals surface area contributed by atoms with Crippen LogP contribution in [0.3, 0.4) is 0 Å². The van der Waals surface area contributed by atoms with E-state index in [0.717, 1.165) is 4.90 Å². The molecule has 6 amide bonds. The van der Waals surface area contributed by atoms with Gasteiger partial charge in [-0.1, -0.05) is 27.2 Å². The van der Waals surface area contributed by atoms with Crippen molar-refractivity contribution in [3.8, 4) is 0 Å². The standard InChI is InChI=1S/C26H43N5O6/c1-5-18(4)29-25(36)19(10-9-14-28-26(27)37)16-20(32)24(17(2)3)30-21(33)11-7-6-8-15-31-22(34)12-13-23(31)35/h12-13,17-19,24H,5-11,14-16H2,1-4H3,(H,29,36)(H,30,33)(H3,27,28,37)/t18-,19?,24+/m1/s1/i4D. The lowest BCUT2D eigenvalue weighted by Crippen LogP contribution is -2.46. The summed E-state index contributed by atoms with van der Waals surface area (Å²) in [6.07, 6.45) is 5.72. The normalized spacial score (nSPS) is 15.8. The third kappa shape index (κ3) is 12.0. The molecule has 0 fully saturated rings. The first-order valence-electron chi connectivity index (χ1n) is 13.7. The topological polar surface area (TPSA) is 168 Å². The number of hydrogen-bond donors (Lipinski definition) is 4. The second kappa shape index (κ2) is 16.5. The van der Waals surface area contributed by atoms with E-state index in [-0.39, 0.29) is 67.7 Å². The molecule has 0 aliphatic carbocycles. The summed E-state index contributed by atoms with van der Waals surface area (Å²) in [6, 6.07) is -1.74. The minimum atomic E-state index is -0.759. The van der Waals surface area contributed by atoms with E-state index < -0.39 is 18.0 Å². The van der Waals surface area contributed by atoms with Crippen LogP contribution in [0.25, 0.3) is 0 Å². The molecule has 11 nitrogen and oxygen atoms in total. The molecule has 0 aromatic carbocycles. The Bertz CT molecular complexity index is 856. The molecule has 0 saturated heterocycles. The Morgan fingerprint density at radius 2 is 1.70 bits per heavy atom. The van der Waals surface area contributed by atoms with Crippen molar-refractivity contribution in [2.24, 2.45) is 17.6 Å². The predicted molar refractivity (Wildman–Crippen MR) is 139 cm³/mol. The fraction of sp³-hybridized carbons (Fsp3) is 0.692. The number of nitrogens with zero attached hydrogens (tertiary/aromatic N) is 1. The molecule has 0 aromatic heterocycles. The number of carbonyl (C=O) groups excluding carboxylic acids is 6. The molecule has 37 heavy (non-hydrogen) atoms. The second-order valence-corrected chi connectivity index (χ2v) is 9.68. The molecule has 0 spiro atoms. The van der Waals surface area contributed by atoms with Gasteiger partial charge in [0, 0.05) is 51.4 Å². The van der Waals surface area contributed by atoms with Crippen molar-refractivity contribution in [1.82, 2.24) is 20.9 Å². The summed E-state index contributed by atoms with van der Waals surface area (Å²) in [7, 11) is 0. The number of Topliss-reactive ketones (excluding diaryl/α,β-unsaturated/α-hetero) is 1. The number of amides is 6. The smallest absolute Gasteiger partial charge is 0.312 e. The maximum atomic E-state index is 13.2. The van der Waals surface area contributed by atoms with Crippen LogP contribution in [0.15, 0.2) is 12.2 Å². The molecule has 1 unspecified atom stereocenters. The average Bonchev–Trinajstić information content (AvgIpc) is 3.18. The van der Waals surface area contributed by atoms with Crippen LogP contribution in [-0.4, -0.2) is 65.5 Å². The van der Waals surface area contributed by atoms with Gasteiger partial charge in [-0.15, -0.1) is 0 Å². The number of hydrogen-bond acceptors (Lipinski definition) is 6. The maximum Gasteiger partial charge on any atom is 0.312 e. The number of carbonyl (C=O) groups is 6. The Morgan fingerprint density at radius 3 is 2.27 bits per heavy atom. The van der Waals surface area contributed by atoms with Gasteiger partial charge in [0.2, 0.25) is 11.8 Å². The van der Waals surface area contributed by atoms with Crippen LogP contribution in [0.2, 0.25) is 0 Å². The first-order valence-corrected chi connectivity index (χ1v) is 13.0. The number of rotatable bonds is 18. The van der Waals surface area contributed by atoms with E-state index in [1.807, 2.05) is 20.8 Å². The van der Waals surface area contributed by atoms with Crippen LogP contribution in [0, 0.1) is 11.8 Å². The number of nitrogens with two attached hydrogens (primary N) is 1. The van der Waals surface area contributed by atoms with Crippen LogP contribution >= 0.6 is 0 Å². The van der Waals surface area contributed by atoms with Crippen molar-refractivity contribution in [2.75, 3.05) is 13.1 Å². The zero-order valence-electron chi connectivity index (χ0n) is 23.2. The molecule has 0 aromatic rings. The molecule has 5 N–H and O–H groups in total. The molecule has 1 aliphatic rings. The summed E-state index contributed by atoms with van der Waals surface area (Å²) in [5.41, 5.74) is 5.09. The van der Waals surface area contributed by atoms with Gasteiger partial charge in [0.15, 0.2) is 5.78 Å². The summed E-state index contributed by atoms with van der Waals surface area (Å²) < 4.78 is 7.57. The van der Waals surface area contributed by atoms with E-state index in [2.05, 4.69) is 16.0 Å². The van der Waals surface area contributed by atoms with Crippen LogP contribution in [0.4, 0.5) is 4.79 Å². The van der Waals surface area contributed by atoms with Gasteiger partial charge in [0.25, 0.3) is 11.8 Å². The van der Waals surface area contributed by atoms with E-state index in [1.54, 1.807) is 0 Å². The lowest BCUT2D eigenvalue weighted by Gasteiger charge is -2.25. The van der Waals surface area contributed by atoms with Gasteiger partial charge in [-0.2, -0.15) is 0 Å². The summed E-state index contributed by atoms with van der Waals surface area (Å²) in [5, 5.41) is 8.09. The minimum Gasteiger partial charge on any atom is -0.353 e. The summed E-state index contributed by atoms with van der Waals surface area (Å²) in [5.74, 6) is -2.37. The molecule has 11 heteroatoms. The number of nitrogens with one attached hydrogen (secondary N) is 3. The van der Waals surface area contributed by atoms with Gasteiger partial charge in [0.1, 0.15) is 0 Å². The van der Waals surface area contributed by atoms with E-state index in [4.69, 9.17) is 7.10 Å². The van der Waals surface area contributed by atoms with Crippen LogP contribution in [0.1, 0.15) is 80.4 Å². The highest BCUT2D eigenvalue weighted by Gasteiger charge is 2.29. The van der Waals surface area contributed by atoms with Gasteiger partial charge >= 0.3 is 6.03 Å². The van der Waals surface area contributed by atoms with Crippen molar-refractivity contribution in [3.05, 3.63) is 12.2 Å². The molecule has 1 rings (SSSR count). The summed E-state index contributed by atoms with van der Waals surface area (Å²) in [6.45, 7) is 6.10. The van der Waals surface area contributed by atoms with Crippen LogP contribution in [0.5, 0.6) is 0 Å². The van der Waals surface area contributed by atoms with Crippen molar-refractivity contribution in [2.45, 2.75) is 91.1 Å². The summed E-state index contributed by atoms with van der Waals surface area (Å²) in [4.78, 5) is 73.9. The quantitative estimate of drug-likeness (QED) is 0.157. The molecular formula is C26H43N5O6. The highest BCUT2D eigenvalue weighted by molar-refractivity contribution is 6.12. The molecule has 3 atom stereocenters. The van der Waals surface area contributed by atoms with Gasteiger partial charge in [-0.3, -0.25) is 28.9 Å². The number of unbranched alkanes of at least 4 members (excludes halogenated alkanes) is 2. The third-order valence-corrected chi connectivity index (χ3v) is 6.20. The zero-order valence-corrected chi connectivity index (χ0v) is 22.2. The minimum absolute atomic E-state index is 0.0261. The van der Waals surface area contributed by atoms with E-state index in [1.165, 1.54) is 12.2 Å². The number of ketones is 1. The third-order valence-electron chi connectivity index (χ3n) is 6.20. The lowest BCUT2D eigenvalue weighted by atomic mass is 9.89. The molecule has 0 saturated carbocycles. The van der Waals surface area contributed by atoms with Crippen molar-refractivity contribution in [3.63, 3.8) is 0 Å². The van der Waals surface area contributed by atoms with E-state index >= 15 is 0 Å². The van der Waals surface area contributed by atoms with Crippen molar-refractivity contribution >= 4 is 35.4 Å². The molecule has 1 aliphatic heterocycles. The average molecular weight is 523 g/mol. The Kier molecular flexibility index (Phi) is 13.4. The SMILES string of the molecule is [2H]C[C@H](CC)NC(=O)C(CCCNC(N)=O)CC(=O)[C@@H](NC(=O)CCCCCN1C(=O)C=CC1=O)C(C)C. The van der Waals surface area contributed by atoms with E-state index in [0.29, 0.717) is 45.1 Å². The highest BCUT2D eigenvalue weighted by atomic mass is 16.2. The molecule has 0 bridgehead atoms. The molecule has 208 valence electrons. The van der Waals surface area contributed by atoms with Crippen molar-refractivity contribution < 1.29 is 30.1 Å². The monoisotopic (exact) mass is 522 g/mol. The molecule has 1 heterocycles. The van der Waals surface area contributed by atoms with Gasteiger partial charge in [0.05, 0.1) is 6.04 Å². The molecule has 0 radical (unpaired) electrons. The Labute approximate surface area is 220 Å². The number of primary amides is 1. The number of urea groups is 1. The van der Waals surface area contributed by atoms with Crippen LogP contribution < -0.4 is 21.7 Å². The fourth-order valence-electron chi connectivity index (χ4n) is 3.93. The van der Waals surface area contributed by atoms with Crippen molar-refractivity contribution in [1.29, 1.82) is 0 Å². The maximum absolute atomic E-state index is 13.2. The second-order valence-electron chi connectivity index (χ2n) is 9.68. The molecular weight excluding hydrogens is 478 g/mol. The Morgan fingerprint density at radius 1 is 1.03 bits per heavy atom. The Balaban J connectivity index is 2.63. The van der Waals surface area contributed by atoms with E-state index in [9.17, 15) is 28.8 Å². The van der Waals surface area contributed by atoms with Gasteiger partial charge < -0.3 is 21.7 Å². The first kappa shape index (κ1) is 30.0. The highest BCUT2D eigenvalue weighted by Crippen LogP contribution is 2.17. The van der Waals surface area contributed by atoms with Gasteiger partial charge in [-0.05, 0) is 44.9 Å². The van der Waals surface area contributed by atoms with Crippen LogP contribution in [-0.2, 0) is 24.0 Å². The zero-order chi connectivity index (χ0) is 28.7. The lowest BCUT2D eigenvalue weighted by molar-refractivity contribution is -0.137. The Hall–Kier alpha value is -3.24. The van der Waals surface area contributed by atoms with Gasteiger partial charge in [-0.25, -0.2) is 4.79 Å². The number of imide groups is 1. The predicted octanol–water partition coefficient (Wildman–Crippen LogP) is 1.55. The fourth-order valence-corrected chi connectivity index (χ4v) is 3.93.